The predicted molar refractivity (Wildman–Crippen MR) is 62.6 cm³/mol. The zero-order chi connectivity index (χ0) is 11.9. The van der Waals surface area contributed by atoms with Gasteiger partial charge in [0.1, 0.15) is 0 Å². The number of aliphatic hydroxyl groups is 2. The number of hydrogen-bond acceptors (Lipinski definition) is 2. The van der Waals surface area contributed by atoms with E-state index in [0.29, 0.717) is 0 Å². The molecular weight excluding hydrogens is 188 g/mol. The summed E-state index contributed by atoms with van der Waals surface area (Å²) in [4.78, 5) is 0. The third-order valence-corrected chi connectivity index (χ3v) is 4.68. The lowest BCUT2D eigenvalue weighted by atomic mass is 9.57. The molecule has 90 valence electrons. The fraction of sp³-hybridized carbons (Fsp3) is 1.00. The minimum Gasteiger partial charge on any atom is -0.390 e. The van der Waals surface area contributed by atoms with Crippen molar-refractivity contribution in [2.75, 3.05) is 0 Å². The Kier molecular flexibility index (Phi) is 3.52. The molecule has 0 amide bonds. The van der Waals surface area contributed by atoms with E-state index in [4.69, 9.17) is 0 Å². The first-order chi connectivity index (χ1) is 6.68. The third-order valence-electron chi connectivity index (χ3n) is 4.68. The summed E-state index contributed by atoms with van der Waals surface area (Å²) in [6.45, 7) is 11.0. The van der Waals surface area contributed by atoms with Crippen LogP contribution in [0.25, 0.3) is 0 Å². The van der Waals surface area contributed by atoms with Gasteiger partial charge >= 0.3 is 0 Å². The van der Waals surface area contributed by atoms with Gasteiger partial charge < -0.3 is 10.2 Å². The van der Waals surface area contributed by atoms with Crippen LogP contribution in [0.4, 0.5) is 0 Å². The lowest BCUT2D eigenvalue weighted by molar-refractivity contribution is -0.107. The fourth-order valence-electron chi connectivity index (χ4n) is 2.50. The summed E-state index contributed by atoms with van der Waals surface area (Å²) in [7, 11) is 0. The predicted octanol–water partition coefficient (Wildman–Crippen LogP) is 2.58. The first kappa shape index (κ1) is 13.0. The maximum atomic E-state index is 10.1. The second-order valence-corrected chi connectivity index (χ2v) is 6.57. The van der Waals surface area contributed by atoms with E-state index in [-0.39, 0.29) is 16.7 Å². The van der Waals surface area contributed by atoms with Gasteiger partial charge in [-0.05, 0) is 29.6 Å². The second-order valence-electron chi connectivity index (χ2n) is 6.57. The Morgan fingerprint density at radius 3 is 1.93 bits per heavy atom. The molecule has 0 saturated heterocycles. The first-order valence-corrected chi connectivity index (χ1v) is 6.04. The Morgan fingerprint density at radius 1 is 0.933 bits per heavy atom. The normalized spacial score (nSPS) is 34.2. The highest BCUT2D eigenvalue weighted by molar-refractivity contribution is 4.95. The SMILES string of the molecule is CC(C)(C)C(C)(C)C1CCCC(O)C1O. The van der Waals surface area contributed by atoms with Crippen LogP contribution in [-0.2, 0) is 0 Å². The van der Waals surface area contributed by atoms with Gasteiger partial charge in [-0.3, -0.25) is 0 Å². The summed E-state index contributed by atoms with van der Waals surface area (Å²) in [5, 5.41) is 19.8. The van der Waals surface area contributed by atoms with E-state index in [1.807, 2.05) is 0 Å². The molecule has 1 aliphatic carbocycles. The average Bonchev–Trinajstić information content (AvgIpc) is 2.07. The van der Waals surface area contributed by atoms with Gasteiger partial charge in [0.2, 0.25) is 0 Å². The molecule has 2 N–H and O–H groups in total. The van der Waals surface area contributed by atoms with Crippen LogP contribution >= 0.6 is 0 Å². The molecule has 1 rings (SSSR count). The molecule has 0 spiro atoms. The van der Waals surface area contributed by atoms with Gasteiger partial charge in [-0.1, -0.05) is 41.0 Å². The standard InChI is InChI=1S/C13H26O2/c1-12(2,3)13(4,5)9-7-6-8-10(14)11(9)15/h9-11,14-15H,6-8H2,1-5H3. The highest BCUT2D eigenvalue weighted by Crippen LogP contribution is 2.49. The second kappa shape index (κ2) is 4.06. The van der Waals surface area contributed by atoms with Crippen molar-refractivity contribution in [3.05, 3.63) is 0 Å². The van der Waals surface area contributed by atoms with Gasteiger partial charge in [0.25, 0.3) is 0 Å². The monoisotopic (exact) mass is 214 g/mol. The van der Waals surface area contributed by atoms with Crippen molar-refractivity contribution in [3.8, 4) is 0 Å². The van der Waals surface area contributed by atoms with Crippen molar-refractivity contribution >= 4 is 0 Å². The summed E-state index contributed by atoms with van der Waals surface area (Å²) in [6, 6.07) is 0. The zero-order valence-electron chi connectivity index (χ0n) is 10.7. The maximum Gasteiger partial charge on any atom is 0.0832 e. The van der Waals surface area contributed by atoms with E-state index in [9.17, 15) is 10.2 Å². The number of hydrogen-bond donors (Lipinski definition) is 2. The summed E-state index contributed by atoms with van der Waals surface area (Å²) >= 11 is 0. The van der Waals surface area contributed by atoms with Crippen LogP contribution in [0.5, 0.6) is 0 Å². The largest absolute Gasteiger partial charge is 0.390 e. The maximum absolute atomic E-state index is 10.1. The van der Waals surface area contributed by atoms with E-state index in [1.165, 1.54) is 0 Å². The van der Waals surface area contributed by atoms with Gasteiger partial charge in [0.15, 0.2) is 0 Å². The molecule has 0 heterocycles. The van der Waals surface area contributed by atoms with Gasteiger partial charge in [-0.25, -0.2) is 0 Å². The Hall–Kier alpha value is -0.0800. The molecule has 1 aliphatic rings. The Labute approximate surface area is 93.7 Å². The molecule has 15 heavy (non-hydrogen) atoms. The van der Waals surface area contributed by atoms with Gasteiger partial charge in [0, 0.05) is 0 Å². The minimum absolute atomic E-state index is 0.0494. The van der Waals surface area contributed by atoms with E-state index in [0.717, 1.165) is 19.3 Å². The molecule has 0 aromatic carbocycles. The van der Waals surface area contributed by atoms with E-state index < -0.39 is 12.2 Å². The smallest absolute Gasteiger partial charge is 0.0832 e. The first-order valence-electron chi connectivity index (χ1n) is 6.04. The summed E-state index contributed by atoms with van der Waals surface area (Å²) < 4.78 is 0. The van der Waals surface area contributed by atoms with Crippen LogP contribution in [0.3, 0.4) is 0 Å². The van der Waals surface area contributed by atoms with Gasteiger partial charge in [-0.2, -0.15) is 0 Å². The molecule has 0 aromatic heterocycles. The molecule has 1 saturated carbocycles. The molecule has 3 atom stereocenters. The van der Waals surface area contributed by atoms with Crippen molar-refractivity contribution < 1.29 is 10.2 Å². The van der Waals surface area contributed by atoms with Crippen molar-refractivity contribution in [3.63, 3.8) is 0 Å². The Balaban J connectivity index is 2.86. The third kappa shape index (κ3) is 2.36. The van der Waals surface area contributed by atoms with Crippen LogP contribution in [0.2, 0.25) is 0 Å². The van der Waals surface area contributed by atoms with Crippen molar-refractivity contribution in [2.24, 2.45) is 16.7 Å². The molecule has 2 nitrogen and oxygen atoms in total. The molecule has 0 aromatic rings. The van der Waals surface area contributed by atoms with Crippen LogP contribution in [0.1, 0.15) is 53.9 Å². The fourth-order valence-corrected chi connectivity index (χ4v) is 2.50. The van der Waals surface area contributed by atoms with Crippen molar-refractivity contribution in [2.45, 2.75) is 66.1 Å². The molecule has 1 fully saturated rings. The Bertz CT molecular complexity index is 215. The molecular formula is C13H26O2. The minimum atomic E-state index is -0.548. The molecule has 0 radical (unpaired) electrons. The topological polar surface area (TPSA) is 40.5 Å². The van der Waals surface area contributed by atoms with E-state index in [2.05, 4.69) is 34.6 Å². The van der Waals surface area contributed by atoms with Gasteiger partial charge in [-0.15, -0.1) is 0 Å². The van der Waals surface area contributed by atoms with Crippen molar-refractivity contribution in [1.82, 2.24) is 0 Å². The van der Waals surface area contributed by atoms with Crippen LogP contribution in [0, 0.1) is 16.7 Å². The van der Waals surface area contributed by atoms with Crippen molar-refractivity contribution in [1.29, 1.82) is 0 Å². The molecule has 0 aliphatic heterocycles. The van der Waals surface area contributed by atoms with E-state index >= 15 is 0 Å². The molecule has 3 unspecified atom stereocenters. The van der Waals surface area contributed by atoms with Crippen LogP contribution < -0.4 is 0 Å². The highest BCUT2D eigenvalue weighted by Gasteiger charge is 2.46. The summed E-state index contributed by atoms with van der Waals surface area (Å²) in [5.74, 6) is 0.209. The molecule has 0 bridgehead atoms. The number of aliphatic hydroxyl groups excluding tert-OH is 2. The highest BCUT2D eigenvalue weighted by atomic mass is 16.3. The lowest BCUT2D eigenvalue weighted by Crippen LogP contribution is -2.49. The zero-order valence-corrected chi connectivity index (χ0v) is 10.7. The van der Waals surface area contributed by atoms with Gasteiger partial charge in [0.05, 0.1) is 12.2 Å². The van der Waals surface area contributed by atoms with Crippen LogP contribution in [-0.4, -0.2) is 22.4 Å². The van der Waals surface area contributed by atoms with Crippen LogP contribution in [0.15, 0.2) is 0 Å². The number of rotatable bonds is 1. The molecule has 2 heteroatoms. The quantitative estimate of drug-likeness (QED) is 0.704. The summed E-state index contributed by atoms with van der Waals surface area (Å²) in [6.07, 6.45) is 1.74. The average molecular weight is 214 g/mol. The van der Waals surface area contributed by atoms with E-state index in [1.54, 1.807) is 0 Å². The summed E-state index contributed by atoms with van der Waals surface area (Å²) in [5.41, 5.74) is 0.198. The lowest BCUT2D eigenvalue weighted by Gasteiger charge is -2.49. The Morgan fingerprint density at radius 2 is 1.47 bits per heavy atom.